The fourth-order valence-electron chi connectivity index (χ4n) is 2.65. The lowest BCUT2D eigenvalue weighted by Gasteiger charge is -2.17. The van der Waals surface area contributed by atoms with E-state index < -0.39 is 36.8 Å². The van der Waals surface area contributed by atoms with Gasteiger partial charge in [-0.05, 0) is 25.5 Å². The van der Waals surface area contributed by atoms with Gasteiger partial charge in [0.25, 0.3) is 0 Å². The molecule has 0 aromatic carbocycles. The van der Waals surface area contributed by atoms with E-state index >= 15 is 0 Å². The molecular weight excluding hydrogens is 316 g/mol. The number of anilines is 1. The average Bonchev–Trinajstić information content (AvgIpc) is 2.86. The predicted octanol–water partition coefficient (Wildman–Crippen LogP) is -1.21. The highest BCUT2D eigenvalue weighted by Crippen LogP contribution is 2.28. The number of rotatable bonds is 9. The molecule has 0 saturated carbocycles. The van der Waals surface area contributed by atoms with Gasteiger partial charge < -0.3 is 31.1 Å². The molecule has 1 aromatic heterocycles. The number of hydrogen-bond donors (Lipinski definition) is 5. The molecule has 24 heavy (non-hydrogen) atoms. The van der Waals surface area contributed by atoms with Gasteiger partial charge in [0, 0.05) is 12.7 Å². The Kier molecular flexibility index (Phi) is 7.13. The fraction of sp³-hybridized carbons (Fsp3) is 0.733. The maximum absolute atomic E-state index is 12.1. The summed E-state index contributed by atoms with van der Waals surface area (Å²) in [6.07, 6.45) is 1.01. The normalized spacial score (nSPS) is 26.7. The number of aliphatic hydroxyl groups excluding tert-OH is 3. The van der Waals surface area contributed by atoms with E-state index in [0.717, 1.165) is 30.3 Å². The molecule has 2 unspecified atom stereocenters. The largest absolute Gasteiger partial charge is 0.394 e. The first-order valence-corrected chi connectivity index (χ1v) is 8.24. The lowest BCUT2D eigenvalue weighted by atomic mass is 10.1. The van der Waals surface area contributed by atoms with Gasteiger partial charge in [-0.1, -0.05) is 12.8 Å². The van der Waals surface area contributed by atoms with Crippen molar-refractivity contribution >= 4 is 5.82 Å². The number of hydrogen-bond acceptors (Lipinski definition) is 8. The van der Waals surface area contributed by atoms with Gasteiger partial charge in [-0.3, -0.25) is 4.57 Å². The second-order valence-corrected chi connectivity index (χ2v) is 5.86. The van der Waals surface area contributed by atoms with Gasteiger partial charge in [0.1, 0.15) is 24.1 Å². The number of unbranched alkanes of at least 4 members (excludes halogenated alkanes) is 3. The zero-order valence-corrected chi connectivity index (χ0v) is 13.5. The average molecular weight is 342 g/mol. The van der Waals surface area contributed by atoms with E-state index in [0.29, 0.717) is 18.9 Å². The molecule has 1 saturated heterocycles. The Morgan fingerprint density at radius 2 is 2.00 bits per heavy atom. The van der Waals surface area contributed by atoms with E-state index in [4.69, 9.17) is 15.6 Å². The molecule has 4 atom stereocenters. The first-order valence-electron chi connectivity index (χ1n) is 8.24. The number of aromatic nitrogens is 2. The van der Waals surface area contributed by atoms with Crippen molar-refractivity contribution in [2.45, 2.75) is 50.2 Å². The minimum atomic E-state index is -1.30. The molecule has 2 rings (SSSR count). The molecule has 9 nitrogen and oxygen atoms in total. The van der Waals surface area contributed by atoms with Crippen molar-refractivity contribution in [3.05, 3.63) is 22.7 Å². The topological polar surface area (TPSA) is 143 Å². The quantitative estimate of drug-likeness (QED) is 0.352. The first kappa shape index (κ1) is 18.8. The molecule has 0 bridgehead atoms. The second-order valence-electron chi connectivity index (χ2n) is 5.86. The summed E-state index contributed by atoms with van der Waals surface area (Å²) in [5, 5.41) is 31.9. The molecule has 136 valence electrons. The van der Waals surface area contributed by atoms with E-state index in [2.05, 4.69) is 10.3 Å². The number of nitrogens with one attached hydrogen (secondary N) is 1. The third-order valence-electron chi connectivity index (χ3n) is 4.06. The van der Waals surface area contributed by atoms with Crippen molar-refractivity contribution in [2.75, 3.05) is 25.0 Å². The van der Waals surface area contributed by atoms with Crippen LogP contribution in [0, 0.1) is 0 Å². The number of nitrogens with two attached hydrogens (primary N) is 1. The van der Waals surface area contributed by atoms with Crippen LogP contribution in [0.1, 0.15) is 31.9 Å². The summed E-state index contributed by atoms with van der Waals surface area (Å²) in [6, 6.07) is 1.61. The van der Waals surface area contributed by atoms with Crippen LogP contribution in [0.5, 0.6) is 0 Å². The summed E-state index contributed by atoms with van der Waals surface area (Å²) >= 11 is 0. The van der Waals surface area contributed by atoms with Crippen LogP contribution in [0.3, 0.4) is 0 Å². The van der Waals surface area contributed by atoms with Crippen molar-refractivity contribution in [3.63, 3.8) is 0 Å². The monoisotopic (exact) mass is 342 g/mol. The molecule has 0 spiro atoms. The predicted molar refractivity (Wildman–Crippen MR) is 87.5 cm³/mol. The van der Waals surface area contributed by atoms with E-state index in [1.54, 1.807) is 6.07 Å². The summed E-state index contributed by atoms with van der Waals surface area (Å²) in [4.78, 5) is 16.0. The van der Waals surface area contributed by atoms with Gasteiger partial charge in [-0.2, -0.15) is 4.98 Å². The number of nitrogens with zero attached hydrogens (tertiary/aromatic N) is 2. The highest BCUT2D eigenvalue weighted by molar-refractivity contribution is 5.31. The molecule has 2 heterocycles. The van der Waals surface area contributed by atoms with Crippen molar-refractivity contribution in [1.82, 2.24) is 9.55 Å². The van der Waals surface area contributed by atoms with Crippen LogP contribution in [0.4, 0.5) is 5.82 Å². The Balaban J connectivity index is 1.92. The second kappa shape index (κ2) is 9.09. The van der Waals surface area contributed by atoms with Crippen molar-refractivity contribution < 1.29 is 20.1 Å². The smallest absolute Gasteiger partial charge is 0.351 e. The number of ether oxygens (including phenoxy) is 1. The molecule has 1 aliphatic rings. The molecular formula is C15H26N4O5. The van der Waals surface area contributed by atoms with Crippen LogP contribution >= 0.6 is 0 Å². The van der Waals surface area contributed by atoms with Crippen molar-refractivity contribution in [2.24, 2.45) is 5.73 Å². The Labute approximate surface area is 140 Å². The fourth-order valence-corrected chi connectivity index (χ4v) is 2.65. The molecule has 1 fully saturated rings. The zero-order chi connectivity index (χ0) is 17.5. The maximum Gasteiger partial charge on any atom is 0.351 e. The van der Waals surface area contributed by atoms with Gasteiger partial charge in [0.2, 0.25) is 0 Å². The summed E-state index contributed by atoms with van der Waals surface area (Å²) in [5.74, 6) is 0.446. The lowest BCUT2D eigenvalue weighted by Crippen LogP contribution is -2.36. The van der Waals surface area contributed by atoms with Crippen LogP contribution in [0.15, 0.2) is 17.1 Å². The standard InChI is InChI=1S/C15H26N4O5/c16-6-3-1-2-4-7-17-11-5-8-19(15(23)18-11)14-13(22)12(21)10(9-20)24-14/h5,8,10,12-14,20-22H,1-4,6-7,9,16H2,(H,17,18,23)/t10-,12?,13?,14-/m1/s1. The minimum Gasteiger partial charge on any atom is -0.394 e. The van der Waals surface area contributed by atoms with Gasteiger partial charge in [0.05, 0.1) is 6.61 Å². The van der Waals surface area contributed by atoms with E-state index in [9.17, 15) is 15.0 Å². The molecule has 0 aliphatic carbocycles. The van der Waals surface area contributed by atoms with Crippen molar-refractivity contribution in [1.29, 1.82) is 0 Å². The Morgan fingerprint density at radius 3 is 2.62 bits per heavy atom. The molecule has 6 N–H and O–H groups in total. The number of aliphatic hydroxyl groups is 3. The summed E-state index contributed by atoms with van der Waals surface area (Å²) < 4.78 is 6.43. The summed E-state index contributed by atoms with van der Waals surface area (Å²) in [6.45, 7) is 0.962. The maximum atomic E-state index is 12.1. The van der Waals surface area contributed by atoms with Crippen LogP contribution in [-0.2, 0) is 4.74 Å². The SMILES string of the molecule is NCCCCCCNc1ccn([C@@H]2O[C@H](CO)C(O)C2O)c(=O)n1. The van der Waals surface area contributed by atoms with Gasteiger partial charge in [-0.25, -0.2) is 4.79 Å². The highest BCUT2D eigenvalue weighted by atomic mass is 16.6. The summed E-state index contributed by atoms with van der Waals surface area (Å²) in [7, 11) is 0. The van der Waals surface area contributed by atoms with Gasteiger partial charge in [-0.15, -0.1) is 0 Å². The van der Waals surface area contributed by atoms with Crippen LogP contribution in [0.2, 0.25) is 0 Å². The molecule has 1 aliphatic heterocycles. The third kappa shape index (κ3) is 4.52. The lowest BCUT2D eigenvalue weighted by molar-refractivity contribution is -0.0549. The van der Waals surface area contributed by atoms with E-state index in [1.165, 1.54) is 6.20 Å². The van der Waals surface area contributed by atoms with Gasteiger partial charge >= 0.3 is 5.69 Å². The third-order valence-corrected chi connectivity index (χ3v) is 4.06. The van der Waals surface area contributed by atoms with Crippen LogP contribution < -0.4 is 16.7 Å². The Hall–Kier alpha value is -1.52. The van der Waals surface area contributed by atoms with Crippen LogP contribution in [0.25, 0.3) is 0 Å². The van der Waals surface area contributed by atoms with Gasteiger partial charge in [0.15, 0.2) is 6.23 Å². The zero-order valence-electron chi connectivity index (χ0n) is 13.5. The highest BCUT2D eigenvalue weighted by Gasteiger charge is 2.43. The molecule has 0 amide bonds. The first-order chi connectivity index (χ1) is 11.6. The minimum absolute atomic E-state index is 0.444. The van der Waals surface area contributed by atoms with Crippen LogP contribution in [-0.4, -0.2) is 62.9 Å². The molecule has 9 heteroatoms. The molecule has 0 radical (unpaired) electrons. The summed E-state index contributed by atoms with van der Waals surface area (Å²) in [5.41, 5.74) is 4.83. The van der Waals surface area contributed by atoms with E-state index in [-0.39, 0.29) is 0 Å². The van der Waals surface area contributed by atoms with E-state index in [1.807, 2.05) is 0 Å². The molecule has 1 aromatic rings. The Bertz CT molecular complexity index is 567. The Morgan fingerprint density at radius 1 is 1.25 bits per heavy atom. The van der Waals surface area contributed by atoms with Crippen molar-refractivity contribution in [3.8, 4) is 0 Å².